The summed E-state index contributed by atoms with van der Waals surface area (Å²) in [5.74, 6) is 1.27. The first-order chi connectivity index (χ1) is 8.56. The summed E-state index contributed by atoms with van der Waals surface area (Å²) < 4.78 is 10.8. The maximum atomic E-state index is 11.9. The first-order valence-corrected chi connectivity index (χ1v) is 6.18. The minimum absolute atomic E-state index is 0.0877. The second-order valence-electron chi connectivity index (χ2n) is 4.36. The third kappa shape index (κ3) is 4.28. The Bertz CT molecular complexity index is 390. The SMILES string of the molecule is CCC(Oc1cccc(OC)c1)C(=O)NC(C)C. The van der Waals surface area contributed by atoms with E-state index in [1.54, 1.807) is 13.2 Å². The van der Waals surface area contributed by atoms with Gasteiger partial charge < -0.3 is 14.8 Å². The molecule has 0 aromatic heterocycles. The van der Waals surface area contributed by atoms with Crippen molar-refractivity contribution in [1.29, 1.82) is 0 Å². The summed E-state index contributed by atoms with van der Waals surface area (Å²) >= 11 is 0. The Kier molecular flexibility index (Phi) is 5.49. The fraction of sp³-hybridized carbons (Fsp3) is 0.500. The van der Waals surface area contributed by atoms with Gasteiger partial charge in [0.25, 0.3) is 5.91 Å². The molecule has 0 fully saturated rings. The lowest BCUT2D eigenvalue weighted by Crippen LogP contribution is -2.41. The van der Waals surface area contributed by atoms with Crippen LogP contribution in [0.4, 0.5) is 0 Å². The van der Waals surface area contributed by atoms with E-state index in [0.717, 1.165) is 0 Å². The minimum atomic E-state index is -0.473. The van der Waals surface area contributed by atoms with E-state index in [1.165, 1.54) is 0 Å². The van der Waals surface area contributed by atoms with Gasteiger partial charge in [0.1, 0.15) is 11.5 Å². The van der Waals surface area contributed by atoms with Gasteiger partial charge in [-0.15, -0.1) is 0 Å². The molecule has 0 aliphatic carbocycles. The molecule has 0 saturated heterocycles. The van der Waals surface area contributed by atoms with Crippen LogP contribution in [-0.4, -0.2) is 25.2 Å². The Morgan fingerprint density at radius 1 is 1.33 bits per heavy atom. The zero-order valence-electron chi connectivity index (χ0n) is 11.4. The summed E-state index contributed by atoms with van der Waals surface area (Å²) in [4.78, 5) is 11.9. The minimum Gasteiger partial charge on any atom is -0.497 e. The number of benzene rings is 1. The van der Waals surface area contributed by atoms with E-state index in [1.807, 2.05) is 39.0 Å². The van der Waals surface area contributed by atoms with Crippen LogP contribution < -0.4 is 14.8 Å². The van der Waals surface area contributed by atoms with Crippen LogP contribution >= 0.6 is 0 Å². The highest BCUT2D eigenvalue weighted by Gasteiger charge is 2.18. The molecule has 1 rings (SSSR count). The summed E-state index contributed by atoms with van der Waals surface area (Å²) in [5.41, 5.74) is 0. The van der Waals surface area contributed by atoms with Crippen molar-refractivity contribution in [3.8, 4) is 11.5 Å². The van der Waals surface area contributed by atoms with Gasteiger partial charge in [-0.05, 0) is 32.4 Å². The smallest absolute Gasteiger partial charge is 0.261 e. The van der Waals surface area contributed by atoms with Crippen molar-refractivity contribution in [3.63, 3.8) is 0 Å². The molecule has 0 saturated carbocycles. The Balaban J connectivity index is 2.69. The molecule has 0 heterocycles. The van der Waals surface area contributed by atoms with Crippen molar-refractivity contribution in [2.45, 2.75) is 39.3 Å². The normalized spacial score (nSPS) is 12.1. The molecule has 1 N–H and O–H groups in total. The van der Waals surface area contributed by atoms with E-state index < -0.39 is 6.10 Å². The van der Waals surface area contributed by atoms with Crippen LogP contribution in [-0.2, 0) is 4.79 Å². The Morgan fingerprint density at radius 3 is 2.56 bits per heavy atom. The third-order valence-corrected chi connectivity index (χ3v) is 2.41. The molecular weight excluding hydrogens is 230 g/mol. The number of methoxy groups -OCH3 is 1. The van der Waals surface area contributed by atoms with Crippen LogP contribution in [0.2, 0.25) is 0 Å². The van der Waals surface area contributed by atoms with Crippen molar-refractivity contribution in [2.24, 2.45) is 0 Å². The Morgan fingerprint density at radius 2 is 2.00 bits per heavy atom. The van der Waals surface area contributed by atoms with Gasteiger partial charge in [0.15, 0.2) is 6.10 Å². The van der Waals surface area contributed by atoms with Gasteiger partial charge in [-0.1, -0.05) is 13.0 Å². The summed E-state index contributed by atoms with van der Waals surface area (Å²) in [7, 11) is 1.60. The molecule has 4 nitrogen and oxygen atoms in total. The summed E-state index contributed by atoms with van der Waals surface area (Å²) in [6.07, 6.45) is 0.148. The first kappa shape index (κ1) is 14.4. The second kappa shape index (κ2) is 6.89. The lowest BCUT2D eigenvalue weighted by molar-refractivity contribution is -0.128. The van der Waals surface area contributed by atoms with E-state index in [0.29, 0.717) is 17.9 Å². The molecule has 0 bridgehead atoms. The molecule has 18 heavy (non-hydrogen) atoms. The van der Waals surface area contributed by atoms with Crippen molar-refractivity contribution in [2.75, 3.05) is 7.11 Å². The van der Waals surface area contributed by atoms with Gasteiger partial charge in [0.05, 0.1) is 7.11 Å². The largest absolute Gasteiger partial charge is 0.497 e. The van der Waals surface area contributed by atoms with Crippen molar-refractivity contribution in [1.82, 2.24) is 5.32 Å². The second-order valence-corrected chi connectivity index (χ2v) is 4.36. The van der Waals surface area contributed by atoms with E-state index in [2.05, 4.69) is 5.32 Å². The van der Waals surface area contributed by atoms with E-state index in [-0.39, 0.29) is 11.9 Å². The summed E-state index contributed by atoms with van der Waals surface area (Å²) in [5, 5.41) is 2.85. The number of rotatable bonds is 6. The number of hydrogen-bond acceptors (Lipinski definition) is 3. The molecule has 1 unspecified atom stereocenters. The number of ether oxygens (including phenoxy) is 2. The van der Waals surface area contributed by atoms with Crippen molar-refractivity contribution < 1.29 is 14.3 Å². The standard InChI is InChI=1S/C14H21NO3/c1-5-13(14(16)15-10(2)3)18-12-8-6-7-11(9-12)17-4/h6-10,13H,5H2,1-4H3,(H,15,16). The van der Waals surface area contributed by atoms with Crippen LogP contribution in [0.3, 0.4) is 0 Å². The van der Waals surface area contributed by atoms with Crippen molar-refractivity contribution in [3.05, 3.63) is 24.3 Å². The highest BCUT2D eigenvalue weighted by molar-refractivity contribution is 5.81. The number of nitrogens with one attached hydrogen (secondary N) is 1. The van der Waals surface area contributed by atoms with Crippen LogP contribution in [0.5, 0.6) is 11.5 Å². The highest BCUT2D eigenvalue weighted by atomic mass is 16.5. The predicted molar refractivity (Wildman–Crippen MR) is 71.0 cm³/mol. The summed E-state index contributed by atoms with van der Waals surface area (Å²) in [6.45, 7) is 5.77. The van der Waals surface area contributed by atoms with E-state index in [9.17, 15) is 4.79 Å². The maximum Gasteiger partial charge on any atom is 0.261 e. The molecule has 0 aliphatic heterocycles. The first-order valence-electron chi connectivity index (χ1n) is 6.18. The average Bonchev–Trinajstić information content (AvgIpc) is 2.35. The van der Waals surface area contributed by atoms with Gasteiger partial charge in [0.2, 0.25) is 0 Å². The summed E-state index contributed by atoms with van der Waals surface area (Å²) in [6, 6.07) is 7.36. The maximum absolute atomic E-state index is 11.9. The molecule has 1 aromatic carbocycles. The Labute approximate surface area is 108 Å². The van der Waals surface area contributed by atoms with Crippen LogP contribution in [0.25, 0.3) is 0 Å². The topological polar surface area (TPSA) is 47.6 Å². The van der Waals surface area contributed by atoms with Crippen molar-refractivity contribution >= 4 is 5.91 Å². The van der Waals surface area contributed by atoms with Gasteiger partial charge in [-0.2, -0.15) is 0 Å². The van der Waals surface area contributed by atoms with Crippen LogP contribution in [0, 0.1) is 0 Å². The van der Waals surface area contributed by atoms with Crippen LogP contribution in [0.15, 0.2) is 24.3 Å². The lowest BCUT2D eigenvalue weighted by atomic mass is 10.2. The zero-order valence-corrected chi connectivity index (χ0v) is 11.4. The van der Waals surface area contributed by atoms with Gasteiger partial charge in [-0.3, -0.25) is 4.79 Å². The number of carbonyl (C=O) groups is 1. The highest BCUT2D eigenvalue weighted by Crippen LogP contribution is 2.20. The molecule has 1 aromatic rings. The van der Waals surface area contributed by atoms with Gasteiger partial charge in [-0.25, -0.2) is 0 Å². The molecule has 1 atom stereocenters. The molecule has 1 amide bonds. The molecule has 4 heteroatoms. The fourth-order valence-electron chi connectivity index (χ4n) is 1.54. The quantitative estimate of drug-likeness (QED) is 0.844. The van der Waals surface area contributed by atoms with E-state index in [4.69, 9.17) is 9.47 Å². The molecule has 0 aliphatic rings. The number of hydrogen-bond donors (Lipinski definition) is 1. The predicted octanol–water partition coefficient (Wildman–Crippen LogP) is 2.38. The third-order valence-electron chi connectivity index (χ3n) is 2.41. The molecule has 0 spiro atoms. The fourth-order valence-corrected chi connectivity index (χ4v) is 1.54. The van der Waals surface area contributed by atoms with Gasteiger partial charge >= 0.3 is 0 Å². The number of amides is 1. The zero-order chi connectivity index (χ0) is 13.5. The average molecular weight is 251 g/mol. The molecule has 100 valence electrons. The monoisotopic (exact) mass is 251 g/mol. The van der Waals surface area contributed by atoms with E-state index >= 15 is 0 Å². The Hall–Kier alpha value is -1.71. The lowest BCUT2D eigenvalue weighted by Gasteiger charge is -2.19. The van der Waals surface area contributed by atoms with Gasteiger partial charge in [0, 0.05) is 12.1 Å². The number of carbonyl (C=O) groups excluding carboxylic acids is 1. The van der Waals surface area contributed by atoms with Crippen LogP contribution in [0.1, 0.15) is 27.2 Å². The molecule has 0 radical (unpaired) electrons. The molecular formula is C14H21NO3.